The molecule has 0 saturated carbocycles. The molecule has 0 N–H and O–H groups in total. The lowest BCUT2D eigenvalue weighted by atomic mass is 10.1. The fraction of sp³-hybridized carbons (Fsp3) is 0.538. The summed E-state index contributed by atoms with van der Waals surface area (Å²) in [6.07, 6.45) is 0. The molecule has 5 heteroatoms. The average molecular weight is 284 g/mol. The van der Waals surface area contributed by atoms with Gasteiger partial charge in [-0.1, -0.05) is 25.4 Å². The van der Waals surface area contributed by atoms with Crippen LogP contribution >= 0.6 is 22.9 Å². The van der Waals surface area contributed by atoms with E-state index in [2.05, 4.69) is 42.7 Å². The molecular weight excluding hydrogens is 266 g/mol. The third-order valence-corrected chi connectivity index (χ3v) is 4.47. The Balaban J connectivity index is 2.21. The second kappa shape index (κ2) is 5.51. The minimum absolute atomic E-state index is 0.492. The molecule has 0 radical (unpaired) electrons. The van der Waals surface area contributed by atoms with E-state index in [1.54, 1.807) is 11.3 Å². The summed E-state index contributed by atoms with van der Waals surface area (Å²) in [6.45, 7) is 7.39. The molecule has 0 aliphatic rings. The largest absolute Gasteiger partial charge is 0.296 e. The van der Waals surface area contributed by atoms with Crippen LogP contribution in [0.3, 0.4) is 0 Å². The first kappa shape index (κ1) is 13.7. The van der Waals surface area contributed by atoms with Crippen molar-refractivity contribution in [3.63, 3.8) is 0 Å². The molecular formula is C13H18ClN3S. The maximum Gasteiger partial charge on any atom is 0.145 e. The predicted molar refractivity (Wildman–Crippen MR) is 78.2 cm³/mol. The summed E-state index contributed by atoms with van der Waals surface area (Å²) in [5, 5.41) is 3.50. The summed E-state index contributed by atoms with van der Waals surface area (Å²) in [6, 6.07) is 2.46. The maximum atomic E-state index is 6.17. The van der Waals surface area contributed by atoms with Crippen LogP contribution in [-0.4, -0.2) is 28.0 Å². The third kappa shape index (κ3) is 2.82. The average Bonchev–Trinajstić information content (AvgIpc) is 2.76. The topological polar surface area (TPSA) is 29.0 Å². The highest BCUT2D eigenvalue weighted by Gasteiger charge is 2.15. The number of rotatable bonds is 4. The SMILES string of the molecule is CC(C)C(C)N(C)Cc1nc(Cl)c2ccsc2n1. The molecule has 1 atom stereocenters. The standard InChI is InChI=1S/C13H18ClN3S/c1-8(2)9(3)17(4)7-11-15-12(14)10-5-6-18-13(10)16-11/h5-6,8-9H,7H2,1-4H3. The number of hydrogen-bond acceptors (Lipinski definition) is 4. The maximum absolute atomic E-state index is 6.17. The first-order chi connectivity index (χ1) is 8.49. The molecule has 3 nitrogen and oxygen atoms in total. The summed E-state index contributed by atoms with van der Waals surface area (Å²) < 4.78 is 0. The van der Waals surface area contributed by atoms with Crippen LogP contribution < -0.4 is 0 Å². The van der Waals surface area contributed by atoms with Crippen molar-refractivity contribution in [3.8, 4) is 0 Å². The molecule has 2 heterocycles. The highest BCUT2D eigenvalue weighted by atomic mass is 35.5. The zero-order valence-corrected chi connectivity index (χ0v) is 12.7. The van der Waals surface area contributed by atoms with E-state index in [9.17, 15) is 0 Å². The van der Waals surface area contributed by atoms with Gasteiger partial charge in [0.25, 0.3) is 0 Å². The lowest BCUT2D eigenvalue weighted by Gasteiger charge is -2.27. The molecule has 98 valence electrons. The lowest BCUT2D eigenvalue weighted by Crippen LogP contribution is -2.33. The Labute approximate surface area is 117 Å². The zero-order valence-electron chi connectivity index (χ0n) is 11.1. The second-order valence-corrected chi connectivity index (χ2v) is 6.22. The molecule has 0 aliphatic heterocycles. The Kier molecular flexibility index (Phi) is 4.20. The molecule has 0 saturated heterocycles. The van der Waals surface area contributed by atoms with E-state index in [1.807, 2.05) is 11.4 Å². The molecule has 2 aromatic rings. The monoisotopic (exact) mass is 283 g/mol. The molecule has 0 bridgehead atoms. The molecule has 2 aromatic heterocycles. The molecule has 1 unspecified atom stereocenters. The minimum Gasteiger partial charge on any atom is -0.296 e. The molecule has 18 heavy (non-hydrogen) atoms. The number of halogens is 1. The number of hydrogen-bond donors (Lipinski definition) is 0. The van der Waals surface area contributed by atoms with Crippen LogP contribution in [0.5, 0.6) is 0 Å². The smallest absolute Gasteiger partial charge is 0.145 e. The second-order valence-electron chi connectivity index (χ2n) is 4.97. The Morgan fingerprint density at radius 3 is 2.72 bits per heavy atom. The zero-order chi connectivity index (χ0) is 13.3. The van der Waals surface area contributed by atoms with Crippen LogP contribution in [0.2, 0.25) is 5.15 Å². The van der Waals surface area contributed by atoms with E-state index in [4.69, 9.17) is 11.6 Å². The molecule has 0 amide bonds. The Hall–Kier alpha value is -0.710. The quantitative estimate of drug-likeness (QED) is 0.799. The van der Waals surface area contributed by atoms with Crippen LogP contribution in [0.4, 0.5) is 0 Å². The fourth-order valence-electron chi connectivity index (χ4n) is 1.81. The van der Waals surface area contributed by atoms with Crippen molar-refractivity contribution in [1.82, 2.24) is 14.9 Å². The van der Waals surface area contributed by atoms with Crippen LogP contribution in [0, 0.1) is 5.92 Å². The van der Waals surface area contributed by atoms with Gasteiger partial charge >= 0.3 is 0 Å². The van der Waals surface area contributed by atoms with E-state index >= 15 is 0 Å². The van der Waals surface area contributed by atoms with Crippen LogP contribution in [0.25, 0.3) is 10.2 Å². The van der Waals surface area contributed by atoms with Crippen molar-refractivity contribution >= 4 is 33.2 Å². The van der Waals surface area contributed by atoms with E-state index in [-0.39, 0.29) is 0 Å². The van der Waals surface area contributed by atoms with Gasteiger partial charge in [-0.2, -0.15) is 0 Å². The van der Waals surface area contributed by atoms with Gasteiger partial charge in [0.2, 0.25) is 0 Å². The van der Waals surface area contributed by atoms with Gasteiger partial charge in [-0.15, -0.1) is 11.3 Å². The van der Waals surface area contributed by atoms with Crippen molar-refractivity contribution in [1.29, 1.82) is 0 Å². The van der Waals surface area contributed by atoms with E-state index < -0.39 is 0 Å². The number of thiophene rings is 1. The van der Waals surface area contributed by atoms with Gasteiger partial charge < -0.3 is 0 Å². The van der Waals surface area contributed by atoms with E-state index in [1.165, 1.54) is 0 Å². The summed E-state index contributed by atoms with van der Waals surface area (Å²) in [5.41, 5.74) is 0. The normalized spacial score (nSPS) is 13.7. The lowest BCUT2D eigenvalue weighted by molar-refractivity contribution is 0.196. The van der Waals surface area contributed by atoms with Crippen LogP contribution in [0.15, 0.2) is 11.4 Å². The highest BCUT2D eigenvalue weighted by Crippen LogP contribution is 2.25. The van der Waals surface area contributed by atoms with Gasteiger partial charge in [-0.05, 0) is 31.3 Å². The van der Waals surface area contributed by atoms with E-state index in [0.717, 1.165) is 22.6 Å². The third-order valence-electron chi connectivity index (χ3n) is 3.38. The van der Waals surface area contributed by atoms with E-state index in [0.29, 0.717) is 17.1 Å². The number of nitrogens with zero attached hydrogens (tertiary/aromatic N) is 3. The molecule has 0 aromatic carbocycles. The molecule has 0 fully saturated rings. The van der Waals surface area contributed by atoms with Gasteiger partial charge in [0, 0.05) is 11.4 Å². The van der Waals surface area contributed by atoms with Crippen molar-refractivity contribution in [2.75, 3.05) is 7.05 Å². The summed E-state index contributed by atoms with van der Waals surface area (Å²) >= 11 is 7.77. The Morgan fingerprint density at radius 2 is 2.06 bits per heavy atom. The highest BCUT2D eigenvalue weighted by molar-refractivity contribution is 7.16. The van der Waals surface area contributed by atoms with Gasteiger partial charge in [-0.25, -0.2) is 9.97 Å². The van der Waals surface area contributed by atoms with Gasteiger partial charge in [0.05, 0.1) is 6.54 Å². The van der Waals surface area contributed by atoms with Crippen molar-refractivity contribution in [2.45, 2.75) is 33.4 Å². The molecule has 0 aliphatic carbocycles. The van der Waals surface area contributed by atoms with Crippen molar-refractivity contribution in [3.05, 3.63) is 22.4 Å². The summed E-state index contributed by atoms with van der Waals surface area (Å²) in [5.74, 6) is 1.40. The van der Waals surface area contributed by atoms with Gasteiger partial charge in [0.15, 0.2) is 0 Å². The van der Waals surface area contributed by atoms with Gasteiger partial charge in [0.1, 0.15) is 15.8 Å². The van der Waals surface area contributed by atoms with Gasteiger partial charge in [-0.3, -0.25) is 4.90 Å². The Morgan fingerprint density at radius 1 is 1.33 bits per heavy atom. The van der Waals surface area contributed by atoms with Crippen molar-refractivity contribution < 1.29 is 0 Å². The first-order valence-electron chi connectivity index (χ1n) is 6.09. The number of aromatic nitrogens is 2. The molecule has 2 rings (SSSR count). The van der Waals surface area contributed by atoms with Crippen LogP contribution in [-0.2, 0) is 6.54 Å². The Bertz CT molecular complexity index is 538. The summed E-state index contributed by atoms with van der Waals surface area (Å²) in [7, 11) is 2.10. The minimum atomic E-state index is 0.492. The summed E-state index contributed by atoms with van der Waals surface area (Å²) in [4.78, 5) is 12.2. The fourth-order valence-corrected chi connectivity index (χ4v) is 2.90. The predicted octanol–water partition coefficient (Wildman–Crippen LogP) is 3.82. The number of fused-ring (bicyclic) bond motifs is 1. The first-order valence-corrected chi connectivity index (χ1v) is 7.34. The van der Waals surface area contributed by atoms with Crippen molar-refractivity contribution in [2.24, 2.45) is 5.92 Å². The molecule has 0 spiro atoms. The van der Waals surface area contributed by atoms with Crippen LogP contribution in [0.1, 0.15) is 26.6 Å².